The Labute approximate surface area is 193 Å². The largest absolute Gasteiger partial charge is 0.488 e. The summed E-state index contributed by atoms with van der Waals surface area (Å²) in [7, 11) is 0. The molecule has 4 nitrogen and oxygen atoms in total. The van der Waals surface area contributed by atoms with Crippen molar-refractivity contribution in [1.29, 1.82) is 0 Å². The lowest BCUT2D eigenvalue weighted by Crippen LogP contribution is -2.07. The van der Waals surface area contributed by atoms with Gasteiger partial charge in [-0.3, -0.25) is 0 Å². The van der Waals surface area contributed by atoms with Gasteiger partial charge < -0.3 is 9.84 Å². The number of benzene rings is 2. The molecule has 33 heavy (non-hydrogen) atoms. The maximum absolute atomic E-state index is 13.5. The summed E-state index contributed by atoms with van der Waals surface area (Å²) < 4.78 is 46.4. The number of carbonyl (C=O) groups is 1. The van der Waals surface area contributed by atoms with Crippen LogP contribution in [0.2, 0.25) is 5.02 Å². The second-order valence-corrected chi connectivity index (χ2v) is 8.03. The number of aromatic nitrogens is 1. The molecule has 0 fully saturated rings. The summed E-state index contributed by atoms with van der Waals surface area (Å²) >= 11 is 5.94. The molecule has 8 heteroatoms. The minimum absolute atomic E-state index is 0.00245. The first-order valence-electron chi connectivity index (χ1n) is 10.2. The van der Waals surface area contributed by atoms with E-state index in [0.29, 0.717) is 47.4 Å². The first-order chi connectivity index (χ1) is 15.7. The molecule has 0 radical (unpaired) electrons. The average molecular weight is 474 g/mol. The summed E-state index contributed by atoms with van der Waals surface area (Å²) in [6.07, 6.45) is -2.74. The van der Waals surface area contributed by atoms with Gasteiger partial charge in [-0.15, -0.1) is 0 Å². The minimum atomic E-state index is -4.51. The van der Waals surface area contributed by atoms with Crippen molar-refractivity contribution < 1.29 is 27.8 Å². The Morgan fingerprint density at radius 3 is 2.45 bits per heavy atom. The lowest BCUT2D eigenvalue weighted by molar-refractivity contribution is -0.137. The van der Waals surface area contributed by atoms with Crippen molar-refractivity contribution in [2.45, 2.75) is 32.0 Å². The van der Waals surface area contributed by atoms with Crippen LogP contribution in [0, 0.1) is 0 Å². The number of halogens is 4. The van der Waals surface area contributed by atoms with E-state index in [4.69, 9.17) is 16.3 Å². The van der Waals surface area contributed by atoms with E-state index >= 15 is 0 Å². The molecule has 4 rings (SSSR count). The first-order valence-corrected chi connectivity index (χ1v) is 10.6. The van der Waals surface area contributed by atoms with E-state index in [1.807, 2.05) is 30.3 Å². The standard InChI is InChI=1S/C25H19ClF3NO3/c26-20-10-11-21(30-23(20)24(31)32)18-8-4-7-17(18)19-13-16(25(27,28)29)9-12-22(19)33-14-15-5-2-1-3-6-15/h1-3,5-6,9-13H,4,7-8,14H2,(H,31,32). The van der Waals surface area contributed by atoms with E-state index in [-0.39, 0.29) is 17.3 Å². The quantitative estimate of drug-likeness (QED) is 0.414. The first kappa shape index (κ1) is 22.9. The molecule has 1 N–H and O–H groups in total. The highest BCUT2D eigenvalue weighted by atomic mass is 35.5. The summed E-state index contributed by atoms with van der Waals surface area (Å²) in [6.45, 7) is 0.199. The van der Waals surface area contributed by atoms with Crippen molar-refractivity contribution in [1.82, 2.24) is 4.98 Å². The molecule has 0 amide bonds. The second kappa shape index (κ2) is 9.27. The third-order valence-corrected chi connectivity index (χ3v) is 5.75. The van der Waals surface area contributed by atoms with Gasteiger partial charge in [-0.1, -0.05) is 41.9 Å². The van der Waals surface area contributed by atoms with Crippen molar-refractivity contribution in [3.63, 3.8) is 0 Å². The monoisotopic (exact) mass is 473 g/mol. The molecule has 2 aromatic carbocycles. The van der Waals surface area contributed by atoms with Gasteiger partial charge in [0.1, 0.15) is 12.4 Å². The number of hydrogen-bond acceptors (Lipinski definition) is 3. The highest BCUT2D eigenvalue weighted by molar-refractivity contribution is 6.33. The van der Waals surface area contributed by atoms with Crippen LogP contribution in [0.5, 0.6) is 5.75 Å². The van der Waals surface area contributed by atoms with E-state index in [9.17, 15) is 23.1 Å². The van der Waals surface area contributed by atoms with Gasteiger partial charge in [0.05, 0.1) is 16.3 Å². The molecule has 0 bridgehead atoms. The van der Waals surface area contributed by atoms with E-state index in [2.05, 4.69) is 4.98 Å². The summed E-state index contributed by atoms with van der Waals surface area (Å²) in [6, 6.07) is 15.8. The number of rotatable bonds is 6. The van der Waals surface area contributed by atoms with Crippen molar-refractivity contribution in [3.05, 3.63) is 93.8 Å². The summed E-state index contributed by atoms with van der Waals surface area (Å²) in [5.41, 5.74) is 1.89. The number of pyridine rings is 1. The molecule has 0 atom stereocenters. The van der Waals surface area contributed by atoms with E-state index in [0.717, 1.165) is 17.7 Å². The normalized spacial score (nSPS) is 13.9. The number of carboxylic acids is 1. The number of alkyl halides is 3. The van der Waals surface area contributed by atoms with Crippen LogP contribution in [0.15, 0.2) is 60.7 Å². The smallest absolute Gasteiger partial charge is 0.416 e. The van der Waals surface area contributed by atoms with E-state index < -0.39 is 17.7 Å². The second-order valence-electron chi connectivity index (χ2n) is 7.63. The van der Waals surface area contributed by atoms with Crippen molar-refractivity contribution in [2.24, 2.45) is 0 Å². The molecule has 1 aliphatic carbocycles. The van der Waals surface area contributed by atoms with Crippen LogP contribution >= 0.6 is 11.6 Å². The lowest BCUT2D eigenvalue weighted by atomic mass is 9.96. The predicted molar refractivity (Wildman–Crippen MR) is 119 cm³/mol. The van der Waals surface area contributed by atoms with Gasteiger partial charge in [0.25, 0.3) is 0 Å². The molecule has 0 unspecified atom stereocenters. The number of nitrogens with zero attached hydrogens (tertiary/aromatic N) is 1. The minimum Gasteiger partial charge on any atom is -0.488 e. The third kappa shape index (κ3) is 5.03. The Morgan fingerprint density at radius 2 is 1.76 bits per heavy atom. The molecule has 0 saturated heterocycles. The zero-order valence-corrected chi connectivity index (χ0v) is 18.1. The van der Waals surface area contributed by atoms with Crippen LogP contribution in [-0.2, 0) is 12.8 Å². The summed E-state index contributed by atoms with van der Waals surface area (Å²) in [5.74, 6) is -0.943. The Morgan fingerprint density at radius 1 is 1.03 bits per heavy atom. The van der Waals surface area contributed by atoms with Crippen molar-refractivity contribution in [3.8, 4) is 5.75 Å². The topological polar surface area (TPSA) is 59.4 Å². The van der Waals surface area contributed by atoms with Gasteiger partial charge in [0.15, 0.2) is 5.69 Å². The van der Waals surface area contributed by atoms with E-state index in [1.165, 1.54) is 12.1 Å². The fourth-order valence-electron chi connectivity index (χ4n) is 3.89. The number of aromatic carboxylic acids is 1. The van der Waals surface area contributed by atoms with E-state index in [1.54, 1.807) is 6.07 Å². The molecule has 3 aromatic rings. The van der Waals surface area contributed by atoms with Crippen LogP contribution in [0.3, 0.4) is 0 Å². The molecular weight excluding hydrogens is 455 g/mol. The molecule has 0 aliphatic heterocycles. The Balaban J connectivity index is 1.80. The number of hydrogen-bond donors (Lipinski definition) is 1. The number of ether oxygens (including phenoxy) is 1. The highest BCUT2D eigenvalue weighted by Gasteiger charge is 2.32. The van der Waals surface area contributed by atoms with Gasteiger partial charge in [-0.05, 0) is 66.3 Å². The lowest BCUT2D eigenvalue weighted by Gasteiger charge is -2.17. The van der Waals surface area contributed by atoms with Crippen LogP contribution in [-0.4, -0.2) is 16.1 Å². The molecule has 170 valence electrons. The highest BCUT2D eigenvalue weighted by Crippen LogP contribution is 2.44. The fourth-order valence-corrected chi connectivity index (χ4v) is 4.07. The van der Waals surface area contributed by atoms with Gasteiger partial charge in [-0.2, -0.15) is 13.2 Å². The SMILES string of the molecule is O=C(O)c1nc(C2=C(c3cc(C(F)(F)F)ccc3OCc3ccccc3)CCC2)ccc1Cl. The molecule has 0 saturated carbocycles. The molecule has 1 aromatic heterocycles. The molecular formula is C25H19ClF3NO3. The van der Waals surface area contributed by atoms with Crippen molar-refractivity contribution >= 4 is 28.7 Å². The Bertz CT molecular complexity index is 1220. The predicted octanol–water partition coefficient (Wildman–Crippen LogP) is 7.13. The molecule has 1 heterocycles. The maximum atomic E-state index is 13.5. The van der Waals surface area contributed by atoms with Gasteiger partial charge >= 0.3 is 12.1 Å². The zero-order valence-electron chi connectivity index (χ0n) is 17.3. The molecule has 0 spiro atoms. The van der Waals surface area contributed by atoms with Crippen LogP contribution in [0.25, 0.3) is 11.1 Å². The third-order valence-electron chi connectivity index (χ3n) is 5.44. The Kier molecular flexibility index (Phi) is 6.42. The summed E-state index contributed by atoms with van der Waals surface area (Å²) in [4.78, 5) is 15.6. The zero-order chi connectivity index (χ0) is 23.6. The maximum Gasteiger partial charge on any atom is 0.416 e. The number of allylic oxidation sites excluding steroid dienone is 2. The number of carboxylic acid groups (broad SMARTS) is 1. The fraction of sp³-hybridized carbons (Fsp3) is 0.200. The van der Waals surface area contributed by atoms with Crippen molar-refractivity contribution in [2.75, 3.05) is 0 Å². The van der Waals surface area contributed by atoms with Crippen LogP contribution in [0.4, 0.5) is 13.2 Å². The van der Waals surface area contributed by atoms with Gasteiger partial charge in [0, 0.05) is 5.56 Å². The van der Waals surface area contributed by atoms with Gasteiger partial charge in [-0.25, -0.2) is 9.78 Å². The van der Waals surface area contributed by atoms with Gasteiger partial charge in [0.2, 0.25) is 0 Å². The van der Waals surface area contributed by atoms with Crippen LogP contribution in [0.1, 0.15) is 52.1 Å². The summed E-state index contributed by atoms with van der Waals surface area (Å²) in [5, 5.41) is 9.35. The molecule has 1 aliphatic rings. The van der Waals surface area contributed by atoms with Crippen LogP contribution < -0.4 is 4.74 Å². The average Bonchev–Trinajstić information content (AvgIpc) is 3.27. The Hall–Kier alpha value is -3.32.